The molecule has 0 aliphatic heterocycles. The fraction of sp³-hybridized carbons (Fsp3) is 0.148. The Bertz CT molecular complexity index is 3030. The maximum Gasteiger partial charge on any atom is 0.0458 e. The van der Waals surface area contributed by atoms with Crippen molar-refractivity contribution < 1.29 is 0 Å². The average Bonchev–Trinajstić information content (AvgIpc) is 3.68. The van der Waals surface area contributed by atoms with Crippen LogP contribution in [0, 0.1) is 12.3 Å². The van der Waals surface area contributed by atoms with Crippen molar-refractivity contribution in [3.8, 4) is 56.9 Å². The lowest BCUT2D eigenvalue weighted by Crippen LogP contribution is -2.18. The monoisotopic (exact) mass is 797 g/mol. The number of hydrogen-bond donors (Lipinski definition) is 0. The van der Waals surface area contributed by atoms with E-state index >= 15 is 0 Å². The molecule has 3 aliphatic rings. The lowest BCUT2D eigenvalue weighted by atomic mass is 9.79. The minimum atomic E-state index is -0.157. The van der Waals surface area contributed by atoms with E-state index in [-0.39, 0.29) is 10.8 Å². The van der Waals surface area contributed by atoms with Crippen molar-refractivity contribution in [1.29, 1.82) is 0 Å². The molecule has 0 aromatic heterocycles. The molecule has 0 unspecified atom stereocenters. The molecule has 0 atom stereocenters. The molecule has 0 bridgehead atoms. The predicted octanol–water partition coefficient (Wildman–Crippen LogP) is 16.1. The lowest BCUT2D eigenvalue weighted by molar-refractivity contribution is 0.654. The minimum Gasteiger partial charge on any atom is -0.314 e. The summed E-state index contributed by atoms with van der Waals surface area (Å²) in [4.78, 5) is 2.44. The highest BCUT2D eigenvalue weighted by Gasteiger charge is 2.37. The number of rotatable bonds is 8. The van der Waals surface area contributed by atoms with Crippen LogP contribution in [-0.4, -0.2) is 0 Å². The van der Waals surface area contributed by atoms with Gasteiger partial charge in [0.25, 0.3) is 0 Å². The third-order valence-corrected chi connectivity index (χ3v) is 13.7. The fourth-order valence-corrected chi connectivity index (χ4v) is 10.2. The number of terminal acetylenes is 1. The van der Waals surface area contributed by atoms with Gasteiger partial charge in [0.2, 0.25) is 0 Å². The molecule has 0 saturated heterocycles. The average molecular weight is 798 g/mol. The Balaban J connectivity index is 0.988. The highest BCUT2D eigenvalue weighted by atomic mass is 15.1. The van der Waals surface area contributed by atoms with Crippen molar-refractivity contribution in [1.82, 2.24) is 0 Å². The van der Waals surface area contributed by atoms with Crippen LogP contribution in [0.1, 0.15) is 75.3 Å². The SMILES string of the molecule is C#CC1=C(/C=C\C)C(C)(C)c2cc(C3=CC=C(N(c4ccc(-c5ccc(-c6ccccc6)cc5)cc4)c4ccc(-c5ccc6c(c5)C(C)(C)c5ccccc5-6)cc4)CC3)ccc21. The van der Waals surface area contributed by atoms with Gasteiger partial charge in [0, 0.05) is 33.5 Å². The highest BCUT2D eigenvalue weighted by Crippen LogP contribution is 2.50. The van der Waals surface area contributed by atoms with Gasteiger partial charge in [0.15, 0.2) is 0 Å². The molecule has 0 fully saturated rings. The standard InChI is InChI=1S/C61H51N/c1-7-14-56-52(8-2)54-37-29-47(39-58(54)60(56,3)4)45-25-33-50(34-26-45)62(49-31-23-44(24-32-49)43-21-19-42(20-22-43)41-15-10-9-11-16-41)51-35-27-46(28-36-51)48-30-38-55-53-17-12-13-18-57(53)61(5,6)59(55)40-48/h2,7,9-25,27-33,35-40H,26,34H2,1,3-6H3/b14-7-. The van der Waals surface area contributed by atoms with Crippen molar-refractivity contribution in [3.05, 3.63) is 227 Å². The molecule has 1 nitrogen and oxygen atoms in total. The first-order valence-electron chi connectivity index (χ1n) is 22.0. The molecule has 300 valence electrons. The Morgan fingerprint density at radius 2 is 0.984 bits per heavy atom. The number of nitrogens with zero attached hydrogens (tertiary/aromatic N) is 1. The summed E-state index contributed by atoms with van der Waals surface area (Å²) >= 11 is 0. The molecule has 62 heavy (non-hydrogen) atoms. The summed E-state index contributed by atoms with van der Waals surface area (Å²) in [7, 11) is 0. The zero-order valence-corrected chi connectivity index (χ0v) is 36.3. The Kier molecular flexibility index (Phi) is 9.69. The van der Waals surface area contributed by atoms with Crippen molar-refractivity contribution in [3.63, 3.8) is 0 Å². The Labute approximate surface area is 368 Å². The van der Waals surface area contributed by atoms with E-state index in [4.69, 9.17) is 6.42 Å². The maximum atomic E-state index is 6.09. The number of fused-ring (bicyclic) bond motifs is 4. The summed E-state index contributed by atoms with van der Waals surface area (Å²) in [6, 6.07) is 60.5. The number of allylic oxidation sites excluding steroid dienone is 8. The van der Waals surface area contributed by atoms with E-state index in [1.807, 2.05) is 0 Å². The van der Waals surface area contributed by atoms with Crippen molar-refractivity contribution in [2.24, 2.45) is 0 Å². The molecule has 0 spiro atoms. The molecule has 10 rings (SSSR count). The van der Waals surface area contributed by atoms with Crippen LogP contribution in [0.4, 0.5) is 11.4 Å². The quantitative estimate of drug-likeness (QED) is 0.138. The maximum absolute atomic E-state index is 6.09. The lowest BCUT2D eigenvalue weighted by Gasteiger charge is -2.30. The highest BCUT2D eigenvalue weighted by molar-refractivity contribution is 5.92. The van der Waals surface area contributed by atoms with Gasteiger partial charge in [-0.15, -0.1) is 6.42 Å². The molecule has 0 saturated carbocycles. The Morgan fingerprint density at radius 3 is 1.60 bits per heavy atom. The molecule has 7 aromatic rings. The molecular formula is C61H51N. The minimum absolute atomic E-state index is 0.0402. The van der Waals surface area contributed by atoms with Crippen molar-refractivity contribution in [2.75, 3.05) is 4.90 Å². The summed E-state index contributed by atoms with van der Waals surface area (Å²) < 4.78 is 0. The number of benzene rings is 7. The van der Waals surface area contributed by atoms with Crippen molar-refractivity contribution in [2.45, 2.75) is 58.3 Å². The van der Waals surface area contributed by atoms with Crippen LogP contribution in [0.3, 0.4) is 0 Å². The summed E-state index contributed by atoms with van der Waals surface area (Å²) in [5.74, 6) is 3.01. The third kappa shape index (κ3) is 6.59. The van der Waals surface area contributed by atoms with E-state index in [2.05, 4.69) is 234 Å². The summed E-state index contributed by atoms with van der Waals surface area (Å²) in [6.07, 6.45) is 16.9. The smallest absolute Gasteiger partial charge is 0.0458 e. The molecule has 3 aliphatic carbocycles. The summed E-state index contributed by atoms with van der Waals surface area (Å²) in [5.41, 5.74) is 23.5. The van der Waals surface area contributed by atoms with Gasteiger partial charge in [-0.2, -0.15) is 0 Å². The van der Waals surface area contributed by atoms with Crippen LogP contribution in [0.2, 0.25) is 0 Å². The summed E-state index contributed by atoms with van der Waals surface area (Å²) in [5, 5.41) is 0. The van der Waals surface area contributed by atoms with Gasteiger partial charge in [-0.3, -0.25) is 0 Å². The first-order valence-corrected chi connectivity index (χ1v) is 22.0. The molecular weight excluding hydrogens is 747 g/mol. The van der Waals surface area contributed by atoms with Crippen LogP contribution in [0.15, 0.2) is 199 Å². The molecule has 0 amide bonds. The van der Waals surface area contributed by atoms with E-state index in [1.54, 1.807) is 0 Å². The topological polar surface area (TPSA) is 3.24 Å². The predicted molar refractivity (Wildman–Crippen MR) is 264 cm³/mol. The van der Waals surface area contributed by atoms with E-state index in [1.165, 1.54) is 89.2 Å². The van der Waals surface area contributed by atoms with Crippen LogP contribution in [0.5, 0.6) is 0 Å². The van der Waals surface area contributed by atoms with Crippen LogP contribution in [-0.2, 0) is 10.8 Å². The Hall–Kier alpha value is -7.14. The zero-order chi connectivity index (χ0) is 42.6. The molecule has 1 heteroatoms. The van der Waals surface area contributed by atoms with Crippen LogP contribution in [0.25, 0.3) is 55.7 Å². The van der Waals surface area contributed by atoms with Crippen LogP contribution < -0.4 is 4.90 Å². The van der Waals surface area contributed by atoms with E-state index in [0.29, 0.717) is 0 Å². The van der Waals surface area contributed by atoms with Crippen molar-refractivity contribution >= 4 is 22.5 Å². The summed E-state index contributed by atoms with van der Waals surface area (Å²) in [6.45, 7) is 11.3. The zero-order valence-electron chi connectivity index (χ0n) is 36.3. The second-order valence-electron chi connectivity index (χ2n) is 18.0. The first kappa shape index (κ1) is 39.0. The van der Waals surface area contributed by atoms with E-state index in [0.717, 1.165) is 29.8 Å². The number of anilines is 2. The van der Waals surface area contributed by atoms with Crippen LogP contribution >= 0.6 is 0 Å². The second kappa shape index (κ2) is 15.4. The van der Waals surface area contributed by atoms with Gasteiger partial charge in [-0.1, -0.05) is 179 Å². The number of hydrogen-bond acceptors (Lipinski definition) is 1. The molecule has 0 N–H and O–H groups in total. The van der Waals surface area contributed by atoms with Gasteiger partial charge >= 0.3 is 0 Å². The second-order valence-corrected chi connectivity index (χ2v) is 18.0. The van der Waals surface area contributed by atoms with Gasteiger partial charge in [-0.05, 0) is 146 Å². The van der Waals surface area contributed by atoms with E-state index in [9.17, 15) is 0 Å². The Morgan fingerprint density at radius 1 is 0.484 bits per heavy atom. The van der Waals surface area contributed by atoms with Gasteiger partial charge in [0.1, 0.15) is 0 Å². The first-order chi connectivity index (χ1) is 30.1. The normalized spacial score (nSPS) is 15.7. The van der Waals surface area contributed by atoms with Gasteiger partial charge in [0.05, 0.1) is 0 Å². The molecule has 0 radical (unpaired) electrons. The van der Waals surface area contributed by atoms with Gasteiger partial charge < -0.3 is 4.90 Å². The third-order valence-electron chi connectivity index (χ3n) is 13.7. The fourth-order valence-electron chi connectivity index (χ4n) is 10.2. The largest absolute Gasteiger partial charge is 0.314 e. The molecule has 7 aromatic carbocycles. The van der Waals surface area contributed by atoms with Gasteiger partial charge in [-0.25, -0.2) is 0 Å². The molecule has 0 heterocycles. The van der Waals surface area contributed by atoms with E-state index < -0.39 is 0 Å².